The third-order valence-corrected chi connectivity index (χ3v) is 4.09. The Morgan fingerprint density at radius 3 is 2.89 bits per heavy atom. The number of aryl methyl sites for hydroxylation is 1. The van der Waals surface area contributed by atoms with Gasteiger partial charge in [0.25, 0.3) is 0 Å². The van der Waals surface area contributed by atoms with Crippen LogP contribution in [-0.4, -0.2) is 30.5 Å². The summed E-state index contributed by atoms with van der Waals surface area (Å²) < 4.78 is 4.67. The van der Waals surface area contributed by atoms with E-state index in [-0.39, 0.29) is 17.3 Å². The zero-order valence-corrected chi connectivity index (χ0v) is 11.8. The third-order valence-electron chi connectivity index (χ3n) is 3.46. The molecule has 5 nitrogen and oxygen atoms in total. The van der Waals surface area contributed by atoms with Crippen LogP contribution in [0.3, 0.4) is 0 Å². The van der Waals surface area contributed by atoms with Gasteiger partial charge < -0.3 is 10.1 Å². The van der Waals surface area contributed by atoms with Crippen molar-refractivity contribution >= 4 is 23.2 Å². The summed E-state index contributed by atoms with van der Waals surface area (Å²) in [4.78, 5) is 27.1. The number of nitrogens with zero attached hydrogens (tertiary/aromatic N) is 1. The highest BCUT2D eigenvalue weighted by Gasteiger charge is 2.44. The van der Waals surface area contributed by atoms with E-state index in [9.17, 15) is 9.59 Å². The SMILES string of the molecule is COC(=O)CC1(CNC(=O)CCc2cscn2)CC1. The second-order valence-corrected chi connectivity index (χ2v) is 5.73. The third kappa shape index (κ3) is 4.31. The first-order valence-electron chi connectivity index (χ1n) is 6.34. The first-order valence-corrected chi connectivity index (χ1v) is 7.28. The number of nitrogens with one attached hydrogen (secondary N) is 1. The molecule has 1 aliphatic rings. The van der Waals surface area contributed by atoms with Crippen molar-refractivity contribution in [1.82, 2.24) is 10.3 Å². The Labute approximate surface area is 116 Å². The molecule has 0 spiro atoms. The van der Waals surface area contributed by atoms with Gasteiger partial charge in [0.15, 0.2) is 0 Å². The minimum absolute atomic E-state index is 0.0177. The van der Waals surface area contributed by atoms with Crippen LogP contribution in [0, 0.1) is 5.41 Å². The molecule has 1 amide bonds. The lowest BCUT2D eigenvalue weighted by molar-refractivity contribution is -0.142. The fourth-order valence-electron chi connectivity index (χ4n) is 1.95. The minimum atomic E-state index is -0.200. The molecule has 0 aliphatic heterocycles. The highest BCUT2D eigenvalue weighted by Crippen LogP contribution is 2.48. The van der Waals surface area contributed by atoms with Crippen LogP contribution >= 0.6 is 11.3 Å². The number of aromatic nitrogens is 1. The molecule has 19 heavy (non-hydrogen) atoms. The lowest BCUT2D eigenvalue weighted by atomic mass is 10.0. The Bertz CT molecular complexity index is 441. The van der Waals surface area contributed by atoms with E-state index in [1.165, 1.54) is 18.4 Å². The Balaban J connectivity index is 1.67. The second-order valence-electron chi connectivity index (χ2n) is 5.01. The number of methoxy groups -OCH3 is 1. The number of hydrogen-bond acceptors (Lipinski definition) is 5. The molecule has 1 N–H and O–H groups in total. The van der Waals surface area contributed by atoms with Crippen LogP contribution in [0.5, 0.6) is 0 Å². The van der Waals surface area contributed by atoms with Crippen molar-refractivity contribution in [2.45, 2.75) is 32.1 Å². The van der Waals surface area contributed by atoms with Crippen LogP contribution in [0.1, 0.15) is 31.4 Å². The standard InChI is InChI=1S/C13H18N2O3S/c1-18-12(17)6-13(4-5-13)8-14-11(16)3-2-10-7-19-9-15-10/h7,9H,2-6,8H2,1H3,(H,14,16). The largest absolute Gasteiger partial charge is 0.469 e. The summed E-state index contributed by atoms with van der Waals surface area (Å²) in [7, 11) is 1.39. The van der Waals surface area contributed by atoms with E-state index in [4.69, 9.17) is 0 Å². The lowest BCUT2D eigenvalue weighted by Gasteiger charge is -2.14. The van der Waals surface area contributed by atoms with E-state index in [1.807, 2.05) is 5.38 Å². The Kier molecular flexibility index (Phi) is 4.52. The van der Waals surface area contributed by atoms with Crippen molar-refractivity contribution in [2.24, 2.45) is 5.41 Å². The number of hydrogen-bond donors (Lipinski definition) is 1. The predicted octanol–water partition coefficient (Wildman–Crippen LogP) is 1.54. The summed E-state index contributed by atoms with van der Waals surface area (Å²) in [6.07, 6.45) is 3.47. The first kappa shape index (κ1) is 14.0. The van der Waals surface area contributed by atoms with Crippen LogP contribution in [0.4, 0.5) is 0 Å². The maximum absolute atomic E-state index is 11.7. The number of amides is 1. The van der Waals surface area contributed by atoms with Crippen molar-refractivity contribution < 1.29 is 14.3 Å². The monoisotopic (exact) mass is 282 g/mol. The number of carbonyl (C=O) groups excluding carboxylic acids is 2. The molecule has 0 atom stereocenters. The first-order chi connectivity index (χ1) is 9.13. The zero-order valence-electron chi connectivity index (χ0n) is 11.0. The summed E-state index contributed by atoms with van der Waals surface area (Å²) in [5.41, 5.74) is 2.67. The molecule has 1 aliphatic carbocycles. The number of esters is 1. The molecule has 1 heterocycles. The normalized spacial score (nSPS) is 15.8. The zero-order chi connectivity index (χ0) is 13.7. The predicted molar refractivity (Wildman–Crippen MR) is 71.7 cm³/mol. The molecular formula is C13H18N2O3S. The number of rotatable bonds is 7. The van der Waals surface area contributed by atoms with Crippen molar-refractivity contribution in [1.29, 1.82) is 0 Å². The molecule has 0 bridgehead atoms. The van der Waals surface area contributed by atoms with Gasteiger partial charge in [0.1, 0.15) is 0 Å². The highest BCUT2D eigenvalue weighted by atomic mass is 32.1. The molecule has 0 radical (unpaired) electrons. The average Bonchev–Trinajstić information content (AvgIpc) is 2.97. The van der Waals surface area contributed by atoms with Crippen LogP contribution in [-0.2, 0) is 20.7 Å². The summed E-state index contributed by atoms with van der Waals surface area (Å²) in [5.74, 6) is -0.182. The molecule has 2 rings (SSSR count). The van der Waals surface area contributed by atoms with Crippen LogP contribution in [0.25, 0.3) is 0 Å². The van der Waals surface area contributed by atoms with E-state index in [1.54, 1.807) is 5.51 Å². The average molecular weight is 282 g/mol. The van der Waals surface area contributed by atoms with Crippen LogP contribution < -0.4 is 5.32 Å². The Morgan fingerprint density at radius 1 is 1.53 bits per heavy atom. The van der Waals surface area contributed by atoms with E-state index in [0.717, 1.165) is 18.5 Å². The van der Waals surface area contributed by atoms with E-state index in [0.29, 0.717) is 25.8 Å². The quantitative estimate of drug-likeness (QED) is 0.770. The summed E-state index contributed by atoms with van der Waals surface area (Å²) >= 11 is 1.53. The second kappa shape index (κ2) is 6.14. The number of carbonyl (C=O) groups is 2. The summed E-state index contributed by atoms with van der Waals surface area (Å²) in [6.45, 7) is 0.567. The smallest absolute Gasteiger partial charge is 0.306 e. The maximum atomic E-state index is 11.7. The van der Waals surface area contributed by atoms with Gasteiger partial charge in [-0.3, -0.25) is 9.59 Å². The fourth-order valence-corrected chi connectivity index (χ4v) is 2.54. The van der Waals surface area contributed by atoms with E-state index in [2.05, 4.69) is 15.0 Å². The number of ether oxygens (including phenoxy) is 1. The van der Waals surface area contributed by atoms with E-state index >= 15 is 0 Å². The van der Waals surface area contributed by atoms with Gasteiger partial charge in [0.2, 0.25) is 5.91 Å². The molecule has 0 unspecified atom stereocenters. The molecule has 0 aromatic carbocycles. The summed E-state index contributed by atoms with van der Waals surface area (Å²) in [5, 5.41) is 4.86. The Hall–Kier alpha value is -1.43. The molecule has 1 aromatic rings. The van der Waals surface area contributed by atoms with Crippen molar-refractivity contribution in [2.75, 3.05) is 13.7 Å². The van der Waals surface area contributed by atoms with Crippen molar-refractivity contribution in [3.05, 3.63) is 16.6 Å². The molecule has 6 heteroatoms. The van der Waals surface area contributed by atoms with Gasteiger partial charge >= 0.3 is 5.97 Å². The van der Waals surface area contributed by atoms with Gasteiger partial charge in [-0.15, -0.1) is 11.3 Å². The molecule has 104 valence electrons. The topological polar surface area (TPSA) is 68.3 Å². The van der Waals surface area contributed by atoms with Gasteiger partial charge in [-0.2, -0.15) is 0 Å². The molecule has 1 saturated carbocycles. The Morgan fingerprint density at radius 2 is 2.32 bits per heavy atom. The molecule has 0 saturated heterocycles. The van der Waals surface area contributed by atoms with Gasteiger partial charge in [0, 0.05) is 18.3 Å². The van der Waals surface area contributed by atoms with E-state index < -0.39 is 0 Å². The van der Waals surface area contributed by atoms with Crippen LogP contribution in [0.15, 0.2) is 10.9 Å². The van der Waals surface area contributed by atoms with Crippen molar-refractivity contribution in [3.8, 4) is 0 Å². The van der Waals surface area contributed by atoms with Gasteiger partial charge in [-0.05, 0) is 24.7 Å². The fraction of sp³-hybridized carbons (Fsp3) is 0.615. The maximum Gasteiger partial charge on any atom is 0.306 e. The highest BCUT2D eigenvalue weighted by molar-refractivity contribution is 7.07. The number of thiazole rings is 1. The van der Waals surface area contributed by atoms with Gasteiger partial charge in [-0.1, -0.05) is 0 Å². The summed E-state index contributed by atoms with van der Waals surface area (Å²) in [6, 6.07) is 0. The minimum Gasteiger partial charge on any atom is -0.469 e. The van der Waals surface area contributed by atoms with Gasteiger partial charge in [0.05, 0.1) is 24.7 Å². The molecular weight excluding hydrogens is 264 g/mol. The van der Waals surface area contributed by atoms with Gasteiger partial charge in [-0.25, -0.2) is 4.98 Å². The molecule has 1 aromatic heterocycles. The lowest BCUT2D eigenvalue weighted by Crippen LogP contribution is -2.31. The van der Waals surface area contributed by atoms with Crippen molar-refractivity contribution in [3.63, 3.8) is 0 Å². The van der Waals surface area contributed by atoms with Crippen LogP contribution in [0.2, 0.25) is 0 Å². The molecule has 1 fully saturated rings.